The van der Waals surface area contributed by atoms with Crippen LogP contribution >= 0.6 is 0 Å². The molecule has 1 aliphatic rings. The molecular weight excluding hydrogens is 242 g/mol. The van der Waals surface area contributed by atoms with E-state index in [2.05, 4.69) is 15.1 Å². The Labute approximate surface area is 97.6 Å². The lowest BCUT2D eigenvalue weighted by atomic mass is 10.3. The zero-order chi connectivity index (χ0) is 12.0. The van der Waals surface area contributed by atoms with Crippen LogP contribution in [0.4, 0.5) is 5.69 Å². The van der Waals surface area contributed by atoms with Crippen molar-refractivity contribution in [2.45, 2.75) is 12.3 Å². The number of hydrogen-bond acceptors (Lipinski definition) is 5. The Morgan fingerprint density at radius 1 is 1.47 bits per heavy atom. The largest absolute Gasteiger partial charge is 0.395 e. The highest BCUT2D eigenvalue weighted by atomic mass is 32.2. The molecule has 2 aromatic heterocycles. The first kappa shape index (κ1) is 10.3. The van der Waals surface area contributed by atoms with E-state index in [0.29, 0.717) is 29.4 Å². The SMILES string of the molecule is Nc1c(-c2ncc[nH]2)nn2c1CS(=O)(=O)CC2. The normalized spacial score (nSPS) is 17.9. The summed E-state index contributed by atoms with van der Waals surface area (Å²) in [6, 6.07) is 0. The molecule has 3 rings (SSSR count). The minimum absolute atomic E-state index is 0.0491. The molecule has 0 bridgehead atoms. The van der Waals surface area contributed by atoms with Gasteiger partial charge in [-0.1, -0.05) is 0 Å². The Morgan fingerprint density at radius 2 is 2.29 bits per heavy atom. The van der Waals surface area contributed by atoms with E-state index in [9.17, 15) is 8.42 Å². The second-order valence-corrected chi connectivity index (χ2v) is 6.15. The number of nitrogens with two attached hydrogens (primary N) is 1. The third-order valence-electron chi connectivity index (χ3n) is 2.79. The van der Waals surface area contributed by atoms with Crippen LogP contribution in [0.5, 0.6) is 0 Å². The number of H-pyrrole nitrogens is 1. The number of aryl methyl sites for hydroxylation is 1. The Balaban J connectivity index is 2.15. The molecule has 0 unspecified atom stereocenters. The first-order valence-electron chi connectivity index (χ1n) is 5.12. The number of fused-ring (bicyclic) bond motifs is 1. The molecule has 3 N–H and O–H groups in total. The van der Waals surface area contributed by atoms with Crippen LogP contribution in [0.15, 0.2) is 12.4 Å². The quantitative estimate of drug-likeness (QED) is 0.731. The van der Waals surface area contributed by atoms with E-state index < -0.39 is 9.84 Å². The fourth-order valence-electron chi connectivity index (χ4n) is 1.92. The molecule has 0 saturated heterocycles. The second kappa shape index (κ2) is 3.33. The van der Waals surface area contributed by atoms with E-state index >= 15 is 0 Å². The van der Waals surface area contributed by atoms with E-state index in [1.54, 1.807) is 17.1 Å². The average molecular weight is 253 g/mol. The Bertz CT molecular complexity index is 656. The summed E-state index contributed by atoms with van der Waals surface area (Å²) in [6.45, 7) is 0.350. The summed E-state index contributed by atoms with van der Waals surface area (Å²) in [7, 11) is -3.05. The van der Waals surface area contributed by atoms with Gasteiger partial charge in [-0.15, -0.1) is 0 Å². The van der Waals surface area contributed by atoms with Crippen molar-refractivity contribution in [3.05, 3.63) is 18.1 Å². The van der Waals surface area contributed by atoms with Gasteiger partial charge in [0.1, 0.15) is 0 Å². The first-order chi connectivity index (χ1) is 8.07. The van der Waals surface area contributed by atoms with Gasteiger partial charge in [-0.25, -0.2) is 13.4 Å². The number of nitrogen functional groups attached to an aromatic ring is 1. The van der Waals surface area contributed by atoms with Crippen LogP contribution in [0, 0.1) is 0 Å². The van der Waals surface area contributed by atoms with E-state index in [1.165, 1.54) is 0 Å². The number of anilines is 1. The Morgan fingerprint density at radius 3 is 3.00 bits per heavy atom. The molecule has 0 aromatic carbocycles. The number of rotatable bonds is 1. The fraction of sp³-hybridized carbons (Fsp3) is 0.333. The summed E-state index contributed by atoms with van der Waals surface area (Å²) in [5, 5.41) is 4.29. The van der Waals surface area contributed by atoms with Crippen molar-refractivity contribution >= 4 is 15.5 Å². The number of imidazole rings is 1. The topological polar surface area (TPSA) is 107 Å². The zero-order valence-electron chi connectivity index (χ0n) is 8.92. The van der Waals surface area contributed by atoms with Crippen LogP contribution in [0.3, 0.4) is 0 Å². The number of nitrogens with one attached hydrogen (secondary N) is 1. The molecule has 7 nitrogen and oxygen atoms in total. The minimum atomic E-state index is -3.05. The van der Waals surface area contributed by atoms with Gasteiger partial charge >= 0.3 is 0 Å². The molecule has 90 valence electrons. The lowest BCUT2D eigenvalue weighted by Gasteiger charge is -2.13. The number of aromatic amines is 1. The highest BCUT2D eigenvalue weighted by Gasteiger charge is 2.27. The Hall–Kier alpha value is -1.83. The van der Waals surface area contributed by atoms with E-state index in [1.807, 2.05) is 0 Å². The van der Waals surface area contributed by atoms with Crippen LogP contribution in [0.25, 0.3) is 11.5 Å². The highest BCUT2D eigenvalue weighted by Crippen LogP contribution is 2.28. The van der Waals surface area contributed by atoms with Gasteiger partial charge < -0.3 is 10.7 Å². The molecule has 0 fully saturated rings. The predicted octanol–water partition coefficient (Wildman–Crippen LogP) is -0.216. The molecule has 0 amide bonds. The van der Waals surface area contributed by atoms with E-state index in [-0.39, 0.29) is 11.5 Å². The average Bonchev–Trinajstić information content (AvgIpc) is 2.87. The third kappa shape index (κ3) is 1.60. The first-order valence-corrected chi connectivity index (χ1v) is 6.94. The standard InChI is InChI=1S/C9H11N5O2S/c10-7-6-5-17(15,16)4-3-14(6)13-8(7)9-11-1-2-12-9/h1-2H,3-5,10H2,(H,11,12). The smallest absolute Gasteiger partial charge is 0.160 e. The molecular formula is C9H11N5O2S. The van der Waals surface area contributed by atoms with Crippen molar-refractivity contribution in [2.75, 3.05) is 11.5 Å². The van der Waals surface area contributed by atoms with Gasteiger partial charge in [-0.05, 0) is 0 Å². The second-order valence-electron chi connectivity index (χ2n) is 3.96. The maximum atomic E-state index is 11.5. The summed E-state index contributed by atoms with van der Waals surface area (Å²) in [6.07, 6.45) is 3.27. The van der Waals surface area contributed by atoms with Crippen LogP contribution < -0.4 is 5.73 Å². The van der Waals surface area contributed by atoms with Crippen molar-refractivity contribution < 1.29 is 8.42 Å². The van der Waals surface area contributed by atoms with Crippen molar-refractivity contribution in [1.82, 2.24) is 19.7 Å². The molecule has 0 radical (unpaired) electrons. The molecule has 8 heteroatoms. The molecule has 1 aliphatic heterocycles. The minimum Gasteiger partial charge on any atom is -0.395 e. The maximum absolute atomic E-state index is 11.5. The number of aromatic nitrogens is 4. The van der Waals surface area contributed by atoms with Crippen molar-refractivity contribution in [2.24, 2.45) is 0 Å². The zero-order valence-corrected chi connectivity index (χ0v) is 9.74. The van der Waals surface area contributed by atoms with Crippen molar-refractivity contribution in [1.29, 1.82) is 0 Å². The molecule has 0 saturated carbocycles. The van der Waals surface area contributed by atoms with Crippen LogP contribution in [-0.4, -0.2) is 33.9 Å². The van der Waals surface area contributed by atoms with Gasteiger partial charge in [0.15, 0.2) is 21.4 Å². The lowest BCUT2D eigenvalue weighted by Crippen LogP contribution is -2.24. The van der Waals surface area contributed by atoms with Crippen LogP contribution in [-0.2, 0) is 22.1 Å². The van der Waals surface area contributed by atoms with Gasteiger partial charge in [0.05, 0.1) is 29.4 Å². The Kier molecular flexibility index (Phi) is 2.02. The number of hydrogen-bond donors (Lipinski definition) is 2. The number of nitrogens with zero attached hydrogens (tertiary/aromatic N) is 3. The monoisotopic (exact) mass is 253 g/mol. The molecule has 0 spiro atoms. The summed E-state index contributed by atoms with van der Waals surface area (Å²) >= 11 is 0. The summed E-state index contributed by atoms with van der Waals surface area (Å²) in [5.41, 5.74) is 7.39. The predicted molar refractivity (Wildman–Crippen MR) is 61.7 cm³/mol. The van der Waals surface area contributed by atoms with Gasteiger partial charge in [0.25, 0.3) is 0 Å². The van der Waals surface area contributed by atoms with Crippen LogP contribution in [0.2, 0.25) is 0 Å². The lowest BCUT2D eigenvalue weighted by molar-refractivity contribution is 0.556. The summed E-state index contributed by atoms with van der Waals surface area (Å²) in [4.78, 5) is 6.97. The molecule has 3 heterocycles. The maximum Gasteiger partial charge on any atom is 0.160 e. The molecule has 2 aromatic rings. The highest BCUT2D eigenvalue weighted by molar-refractivity contribution is 7.90. The molecule has 17 heavy (non-hydrogen) atoms. The van der Waals surface area contributed by atoms with E-state index in [0.717, 1.165) is 0 Å². The third-order valence-corrected chi connectivity index (χ3v) is 4.31. The van der Waals surface area contributed by atoms with Crippen molar-refractivity contribution in [3.63, 3.8) is 0 Å². The van der Waals surface area contributed by atoms with Gasteiger partial charge in [-0.2, -0.15) is 5.10 Å². The summed E-state index contributed by atoms with van der Waals surface area (Å²) < 4.78 is 24.7. The number of sulfone groups is 1. The van der Waals surface area contributed by atoms with E-state index in [4.69, 9.17) is 5.73 Å². The molecule has 0 atom stereocenters. The molecule has 0 aliphatic carbocycles. The van der Waals surface area contributed by atoms with Crippen molar-refractivity contribution in [3.8, 4) is 11.5 Å². The van der Waals surface area contributed by atoms with Gasteiger partial charge in [-0.3, -0.25) is 4.68 Å². The fourth-order valence-corrected chi connectivity index (χ4v) is 3.24. The van der Waals surface area contributed by atoms with Crippen LogP contribution in [0.1, 0.15) is 5.69 Å². The van der Waals surface area contributed by atoms with Gasteiger partial charge in [0.2, 0.25) is 0 Å². The summed E-state index contributed by atoms with van der Waals surface area (Å²) in [5.74, 6) is 0.618. The van der Waals surface area contributed by atoms with Gasteiger partial charge in [0, 0.05) is 12.4 Å².